The standard InChI is InChI=1S/C10H21NO3/c1-5-11(8-10(2,3)13)6-9(12)7-14-4/h13H,5-8H2,1-4H3. The lowest BCUT2D eigenvalue weighted by Gasteiger charge is -2.27. The third-order valence-electron chi connectivity index (χ3n) is 1.76. The van der Waals surface area contributed by atoms with E-state index in [0.29, 0.717) is 13.1 Å². The molecule has 4 nitrogen and oxygen atoms in total. The molecule has 0 aromatic carbocycles. The molecule has 0 aromatic heterocycles. The average molecular weight is 203 g/mol. The van der Waals surface area contributed by atoms with Crippen molar-refractivity contribution in [1.29, 1.82) is 0 Å². The van der Waals surface area contributed by atoms with Crippen LogP contribution in [0.2, 0.25) is 0 Å². The van der Waals surface area contributed by atoms with Crippen LogP contribution in [-0.2, 0) is 9.53 Å². The smallest absolute Gasteiger partial charge is 0.172 e. The molecule has 0 heterocycles. The molecule has 0 spiro atoms. The van der Waals surface area contributed by atoms with E-state index in [1.165, 1.54) is 7.11 Å². The van der Waals surface area contributed by atoms with E-state index in [-0.39, 0.29) is 12.4 Å². The summed E-state index contributed by atoms with van der Waals surface area (Å²) >= 11 is 0. The molecule has 1 N–H and O–H groups in total. The first-order valence-corrected chi connectivity index (χ1v) is 4.84. The zero-order chi connectivity index (χ0) is 11.2. The summed E-state index contributed by atoms with van der Waals surface area (Å²) in [5, 5.41) is 9.58. The highest BCUT2D eigenvalue weighted by Crippen LogP contribution is 2.04. The normalized spacial score (nSPS) is 12.1. The molecular formula is C10H21NO3. The summed E-state index contributed by atoms with van der Waals surface area (Å²) in [6.45, 7) is 7.16. The van der Waals surface area contributed by atoms with Gasteiger partial charge in [-0.2, -0.15) is 0 Å². The third kappa shape index (κ3) is 7.00. The number of ether oxygens (including phenoxy) is 1. The molecule has 0 amide bonds. The van der Waals surface area contributed by atoms with E-state index in [4.69, 9.17) is 4.74 Å². The van der Waals surface area contributed by atoms with Gasteiger partial charge in [0.05, 0.1) is 12.1 Å². The highest BCUT2D eigenvalue weighted by Gasteiger charge is 2.18. The molecule has 0 saturated heterocycles. The SMILES string of the molecule is CCN(CC(=O)COC)CC(C)(C)O. The van der Waals surface area contributed by atoms with E-state index in [2.05, 4.69) is 0 Å². The summed E-state index contributed by atoms with van der Waals surface area (Å²) in [7, 11) is 1.50. The lowest BCUT2D eigenvalue weighted by atomic mass is 10.1. The summed E-state index contributed by atoms with van der Waals surface area (Å²) in [6, 6.07) is 0. The van der Waals surface area contributed by atoms with Crippen LogP contribution < -0.4 is 0 Å². The minimum Gasteiger partial charge on any atom is -0.389 e. The van der Waals surface area contributed by atoms with Crippen molar-refractivity contribution in [2.45, 2.75) is 26.4 Å². The van der Waals surface area contributed by atoms with Gasteiger partial charge in [0.25, 0.3) is 0 Å². The number of rotatable bonds is 7. The first-order chi connectivity index (χ1) is 6.39. The molecule has 0 aliphatic rings. The maximum absolute atomic E-state index is 11.2. The lowest BCUT2D eigenvalue weighted by Crippen LogP contribution is -2.41. The molecule has 0 atom stereocenters. The Hall–Kier alpha value is -0.450. The van der Waals surface area contributed by atoms with Gasteiger partial charge in [0.15, 0.2) is 5.78 Å². The van der Waals surface area contributed by atoms with Crippen LogP contribution in [0, 0.1) is 0 Å². The number of methoxy groups -OCH3 is 1. The van der Waals surface area contributed by atoms with E-state index >= 15 is 0 Å². The second kappa shape index (κ2) is 6.11. The molecule has 0 fully saturated rings. The number of ketones is 1. The van der Waals surface area contributed by atoms with Gasteiger partial charge in [0.2, 0.25) is 0 Å². The summed E-state index contributed by atoms with van der Waals surface area (Å²) in [5.41, 5.74) is -0.761. The Labute approximate surface area is 85.9 Å². The second-order valence-corrected chi connectivity index (χ2v) is 4.09. The van der Waals surface area contributed by atoms with Gasteiger partial charge >= 0.3 is 0 Å². The van der Waals surface area contributed by atoms with Gasteiger partial charge in [0.1, 0.15) is 6.61 Å². The molecule has 0 rings (SSSR count). The van der Waals surface area contributed by atoms with Crippen LogP contribution in [0.3, 0.4) is 0 Å². The molecule has 0 saturated carbocycles. The predicted molar refractivity (Wildman–Crippen MR) is 55.3 cm³/mol. The van der Waals surface area contributed by atoms with E-state index < -0.39 is 5.60 Å². The largest absolute Gasteiger partial charge is 0.389 e. The number of Topliss-reactive ketones (excluding diaryl/α,β-unsaturated/α-hetero) is 1. The molecule has 0 aromatic rings. The Morgan fingerprint density at radius 3 is 2.43 bits per heavy atom. The Morgan fingerprint density at radius 1 is 1.50 bits per heavy atom. The lowest BCUT2D eigenvalue weighted by molar-refractivity contribution is -0.124. The monoisotopic (exact) mass is 203 g/mol. The minimum atomic E-state index is -0.761. The van der Waals surface area contributed by atoms with Crippen molar-refractivity contribution >= 4 is 5.78 Å². The quantitative estimate of drug-likeness (QED) is 0.646. The molecular weight excluding hydrogens is 182 g/mol. The number of hydrogen-bond acceptors (Lipinski definition) is 4. The van der Waals surface area contributed by atoms with Crippen molar-refractivity contribution in [3.8, 4) is 0 Å². The fourth-order valence-electron chi connectivity index (χ4n) is 1.28. The van der Waals surface area contributed by atoms with Crippen molar-refractivity contribution < 1.29 is 14.6 Å². The first-order valence-electron chi connectivity index (χ1n) is 4.84. The van der Waals surface area contributed by atoms with E-state index in [9.17, 15) is 9.90 Å². The maximum Gasteiger partial charge on any atom is 0.172 e. The number of aliphatic hydroxyl groups is 1. The third-order valence-corrected chi connectivity index (χ3v) is 1.76. The highest BCUT2D eigenvalue weighted by molar-refractivity contribution is 5.81. The zero-order valence-corrected chi connectivity index (χ0v) is 9.54. The van der Waals surface area contributed by atoms with Gasteiger partial charge in [-0.25, -0.2) is 0 Å². The van der Waals surface area contributed by atoms with E-state index in [1.54, 1.807) is 13.8 Å². The van der Waals surface area contributed by atoms with Crippen molar-refractivity contribution in [3.05, 3.63) is 0 Å². The van der Waals surface area contributed by atoms with Gasteiger partial charge in [-0.15, -0.1) is 0 Å². The number of hydrogen-bond donors (Lipinski definition) is 1. The summed E-state index contributed by atoms with van der Waals surface area (Å²) in [6.07, 6.45) is 0. The number of carbonyl (C=O) groups excluding carboxylic acids is 1. The van der Waals surface area contributed by atoms with Crippen molar-refractivity contribution in [3.63, 3.8) is 0 Å². The van der Waals surface area contributed by atoms with Gasteiger partial charge in [-0.05, 0) is 20.4 Å². The highest BCUT2D eigenvalue weighted by atomic mass is 16.5. The Kier molecular flexibility index (Phi) is 5.92. The Morgan fingerprint density at radius 2 is 2.07 bits per heavy atom. The Bertz CT molecular complexity index is 175. The van der Waals surface area contributed by atoms with Gasteiger partial charge < -0.3 is 9.84 Å². The maximum atomic E-state index is 11.2. The van der Waals surface area contributed by atoms with Crippen LogP contribution in [0.15, 0.2) is 0 Å². The van der Waals surface area contributed by atoms with Crippen LogP contribution in [0.1, 0.15) is 20.8 Å². The van der Waals surface area contributed by atoms with Crippen molar-refractivity contribution in [2.24, 2.45) is 0 Å². The van der Waals surface area contributed by atoms with Gasteiger partial charge in [-0.3, -0.25) is 9.69 Å². The summed E-state index contributed by atoms with van der Waals surface area (Å²) in [4.78, 5) is 13.2. The van der Waals surface area contributed by atoms with Crippen LogP contribution in [0.25, 0.3) is 0 Å². The summed E-state index contributed by atoms with van der Waals surface area (Å²) in [5.74, 6) is 0.0404. The van der Waals surface area contributed by atoms with Crippen LogP contribution in [-0.4, -0.2) is 54.7 Å². The minimum absolute atomic E-state index is 0.0404. The number of likely N-dealkylation sites (N-methyl/N-ethyl adjacent to an activating group) is 1. The van der Waals surface area contributed by atoms with Crippen molar-refractivity contribution in [2.75, 3.05) is 33.4 Å². The van der Waals surface area contributed by atoms with Crippen LogP contribution in [0.4, 0.5) is 0 Å². The fraction of sp³-hybridized carbons (Fsp3) is 0.900. The van der Waals surface area contributed by atoms with Gasteiger partial charge in [-0.1, -0.05) is 6.92 Å². The van der Waals surface area contributed by atoms with Gasteiger partial charge in [0, 0.05) is 13.7 Å². The molecule has 4 heteroatoms. The van der Waals surface area contributed by atoms with E-state index in [1.807, 2.05) is 11.8 Å². The average Bonchev–Trinajstić information content (AvgIpc) is 2.01. The molecule has 14 heavy (non-hydrogen) atoms. The number of carbonyl (C=O) groups is 1. The first kappa shape index (κ1) is 13.5. The summed E-state index contributed by atoms with van der Waals surface area (Å²) < 4.78 is 4.74. The second-order valence-electron chi connectivity index (χ2n) is 4.09. The molecule has 84 valence electrons. The number of nitrogens with zero attached hydrogens (tertiary/aromatic N) is 1. The molecule has 0 aliphatic carbocycles. The topological polar surface area (TPSA) is 49.8 Å². The van der Waals surface area contributed by atoms with Crippen LogP contribution in [0.5, 0.6) is 0 Å². The molecule has 0 aliphatic heterocycles. The Balaban J connectivity index is 3.97. The fourth-order valence-corrected chi connectivity index (χ4v) is 1.28. The molecule has 0 bridgehead atoms. The van der Waals surface area contributed by atoms with E-state index in [0.717, 1.165) is 6.54 Å². The zero-order valence-electron chi connectivity index (χ0n) is 9.54. The molecule has 0 radical (unpaired) electrons. The predicted octanol–water partition coefficient (Wildman–Crippen LogP) is 0.295. The van der Waals surface area contributed by atoms with Crippen molar-refractivity contribution in [1.82, 2.24) is 4.90 Å². The molecule has 0 unspecified atom stereocenters. The van der Waals surface area contributed by atoms with Crippen LogP contribution >= 0.6 is 0 Å².